The number of rotatable bonds is 5. The molecule has 0 atom stereocenters. The van der Waals surface area contributed by atoms with Crippen molar-refractivity contribution in [1.29, 1.82) is 0 Å². The number of nitrogens with zero attached hydrogens (tertiary/aromatic N) is 2. The fourth-order valence-corrected chi connectivity index (χ4v) is 2.71. The fourth-order valence-electron chi connectivity index (χ4n) is 2.54. The number of anilines is 1. The quantitative estimate of drug-likeness (QED) is 0.660. The number of carbonyl (C=O) groups excluding carboxylic acids is 2. The van der Waals surface area contributed by atoms with Gasteiger partial charge in [0.15, 0.2) is 0 Å². The van der Waals surface area contributed by atoms with E-state index in [-0.39, 0.29) is 6.54 Å². The van der Waals surface area contributed by atoms with Crippen LogP contribution in [0.1, 0.15) is 18.2 Å². The second-order valence-corrected chi connectivity index (χ2v) is 6.35. The van der Waals surface area contributed by atoms with Crippen LogP contribution in [-0.4, -0.2) is 27.8 Å². The Hall–Kier alpha value is -3.06. The van der Waals surface area contributed by atoms with Crippen LogP contribution in [0.5, 0.6) is 5.75 Å². The molecule has 0 aliphatic heterocycles. The summed E-state index contributed by atoms with van der Waals surface area (Å²) in [5.74, 6) is -1.00. The number of aryl methyl sites for hydroxylation is 1. The molecule has 1 aromatic carbocycles. The molecular weight excluding hydrogens is 368 g/mol. The topological polar surface area (TPSA) is 84.7 Å². The van der Waals surface area contributed by atoms with Gasteiger partial charge in [0.05, 0.1) is 29.6 Å². The summed E-state index contributed by atoms with van der Waals surface area (Å²) in [6.07, 6.45) is 3.46. The zero-order valence-corrected chi connectivity index (χ0v) is 15.7. The van der Waals surface area contributed by atoms with Gasteiger partial charge in [0, 0.05) is 12.4 Å². The molecule has 0 spiro atoms. The Labute approximate surface area is 161 Å². The first-order valence-corrected chi connectivity index (χ1v) is 8.80. The summed E-state index contributed by atoms with van der Waals surface area (Å²) in [4.78, 5) is 28.6. The highest BCUT2D eigenvalue weighted by Gasteiger charge is 2.16. The lowest BCUT2D eigenvalue weighted by Gasteiger charge is -2.12. The van der Waals surface area contributed by atoms with E-state index in [4.69, 9.17) is 16.3 Å². The van der Waals surface area contributed by atoms with Crippen molar-refractivity contribution in [3.8, 4) is 5.75 Å². The molecule has 27 heavy (non-hydrogen) atoms. The number of nitrogens with one attached hydrogen (secondary N) is 2. The van der Waals surface area contributed by atoms with E-state index >= 15 is 0 Å². The van der Waals surface area contributed by atoms with Crippen LogP contribution in [0.3, 0.4) is 0 Å². The minimum atomic E-state index is -0.772. The number of carbonyl (C=O) groups is 2. The molecule has 0 bridgehead atoms. The van der Waals surface area contributed by atoms with E-state index in [0.29, 0.717) is 34.4 Å². The van der Waals surface area contributed by atoms with E-state index in [1.807, 2.05) is 19.9 Å². The molecule has 0 aliphatic carbocycles. The predicted octanol–water partition coefficient (Wildman–Crippen LogP) is 2.95. The van der Waals surface area contributed by atoms with Crippen LogP contribution in [0.2, 0.25) is 5.02 Å². The molecule has 0 aliphatic rings. The molecule has 8 heteroatoms. The van der Waals surface area contributed by atoms with Gasteiger partial charge in [0.25, 0.3) is 0 Å². The Morgan fingerprint density at radius 2 is 2.00 bits per heavy atom. The van der Waals surface area contributed by atoms with Crippen molar-refractivity contribution in [2.75, 3.05) is 11.9 Å². The summed E-state index contributed by atoms with van der Waals surface area (Å²) in [7, 11) is 0. The standard InChI is InChI=1S/C19H19ClN4O3/c1-3-27-16-8-12(2)4-6-15(16)23-19(26)18(25)21-9-14-11-24-10-13(20)5-7-17(24)22-14/h4-8,10-11H,3,9H2,1-2H3,(H,21,25)(H,23,26). The van der Waals surface area contributed by atoms with Crippen molar-refractivity contribution >= 4 is 34.7 Å². The number of hydrogen-bond donors (Lipinski definition) is 2. The number of aromatic nitrogens is 2. The van der Waals surface area contributed by atoms with Crippen LogP contribution in [0.4, 0.5) is 5.69 Å². The van der Waals surface area contributed by atoms with E-state index in [9.17, 15) is 9.59 Å². The third-order valence-corrected chi connectivity index (χ3v) is 4.01. The Kier molecular flexibility index (Phi) is 5.61. The van der Waals surface area contributed by atoms with E-state index in [1.54, 1.807) is 41.1 Å². The fraction of sp³-hybridized carbons (Fsp3) is 0.211. The van der Waals surface area contributed by atoms with Crippen LogP contribution in [-0.2, 0) is 16.1 Å². The molecular formula is C19H19ClN4O3. The summed E-state index contributed by atoms with van der Waals surface area (Å²) >= 11 is 5.94. The average molecular weight is 387 g/mol. The second-order valence-electron chi connectivity index (χ2n) is 5.91. The molecule has 2 heterocycles. The Morgan fingerprint density at radius 1 is 1.19 bits per heavy atom. The van der Waals surface area contributed by atoms with Gasteiger partial charge in [-0.05, 0) is 43.7 Å². The smallest absolute Gasteiger partial charge is 0.313 e. The highest BCUT2D eigenvalue weighted by molar-refractivity contribution is 6.39. The van der Waals surface area contributed by atoms with Gasteiger partial charge < -0.3 is 19.8 Å². The molecule has 140 valence electrons. The van der Waals surface area contributed by atoms with Gasteiger partial charge in [-0.2, -0.15) is 0 Å². The van der Waals surface area contributed by atoms with Gasteiger partial charge in [-0.25, -0.2) is 4.98 Å². The van der Waals surface area contributed by atoms with Crippen molar-refractivity contribution in [1.82, 2.24) is 14.7 Å². The summed E-state index contributed by atoms with van der Waals surface area (Å²) in [5.41, 5.74) is 2.76. The van der Waals surface area contributed by atoms with Crippen molar-refractivity contribution in [2.45, 2.75) is 20.4 Å². The van der Waals surface area contributed by atoms with Gasteiger partial charge in [-0.1, -0.05) is 17.7 Å². The number of pyridine rings is 1. The average Bonchev–Trinajstić information content (AvgIpc) is 3.04. The highest BCUT2D eigenvalue weighted by atomic mass is 35.5. The van der Waals surface area contributed by atoms with Crippen LogP contribution < -0.4 is 15.4 Å². The number of amides is 2. The monoisotopic (exact) mass is 386 g/mol. The van der Waals surface area contributed by atoms with E-state index in [1.165, 1.54) is 0 Å². The zero-order chi connectivity index (χ0) is 19.4. The Morgan fingerprint density at radius 3 is 2.78 bits per heavy atom. The summed E-state index contributed by atoms with van der Waals surface area (Å²) in [6.45, 7) is 4.35. The van der Waals surface area contributed by atoms with Gasteiger partial charge in [-0.15, -0.1) is 0 Å². The first-order valence-electron chi connectivity index (χ1n) is 8.42. The largest absolute Gasteiger partial charge is 0.492 e. The third kappa shape index (κ3) is 4.57. The number of ether oxygens (including phenoxy) is 1. The van der Waals surface area contributed by atoms with Crippen LogP contribution in [0.25, 0.3) is 5.65 Å². The zero-order valence-electron chi connectivity index (χ0n) is 15.0. The first kappa shape index (κ1) is 18.7. The van der Waals surface area contributed by atoms with Gasteiger partial charge in [-0.3, -0.25) is 9.59 Å². The van der Waals surface area contributed by atoms with E-state index in [2.05, 4.69) is 15.6 Å². The molecule has 7 nitrogen and oxygen atoms in total. The summed E-state index contributed by atoms with van der Waals surface area (Å²) in [6, 6.07) is 8.85. The maximum absolute atomic E-state index is 12.2. The Balaban J connectivity index is 1.63. The SMILES string of the molecule is CCOc1cc(C)ccc1NC(=O)C(=O)NCc1cn2cc(Cl)ccc2n1. The molecule has 0 saturated heterocycles. The number of hydrogen-bond acceptors (Lipinski definition) is 4. The molecule has 0 fully saturated rings. The third-order valence-electron chi connectivity index (χ3n) is 3.79. The summed E-state index contributed by atoms with van der Waals surface area (Å²) in [5, 5.41) is 5.71. The van der Waals surface area contributed by atoms with Crippen LogP contribution >= 0.6 is 11.6 Å². The molecule has 3 aromatic rings. The number of fused-ring (bicyclic) bond motifs is 1. The number of halogens is 1. The molecule has 2 N–H and O–H groups in total. The van der Waals surface area contributed by atoms with Gasteiger partial charge in [0.2, 0.25) is 0 Å². The minimum absolute atomic E-state index is 0.123. The highest BCUT2D eigenvalue weighted by Crippen LogP contribution is 2.25. The van der Waals surface area contributed by atoms with Crippen molar-refractivity contribution in [3.05, 3.63) is 59.0 Å². The molecule has 0 unspecified atom stereocenters. The van der Waals surface area contributed by atoms with Crippen molar-refractivity contribution < 1.29 is 14.3 Å². The molecule has 3 rings (SSSR count). The predicted molar refractivity (Wildman–Crippen MR) is 103 cm³/mol. The van der Waals surface area contributed by atoms with Crippen LogP contribution in [0, 0.1) is 6.92 Å². The van der Waals surface area contributed by atoms with Crippen LogP contribution in [0.15, 0.2) is 42.7 Å². The second kappa shape index (κ2) is 8.09. The number of benzene rings is 1. The lowest BCUT2D eigenvalue weighted by Crippen LogP contribution is -2.35. The summed E-state index contributed by atoms with van der Waals surface area (Å²) < 4.78 is 7.26. The molecule has 2 aromatic heterocycles. The normalized spacial score (nSPS) is 10.6. The Bertz CT molecular complexity index is 1000. The molecule has 2 amide bonds. The minimum Gasteiger partial charge on any atom is -0.492 e. The maximum atomic E-state index is 12.2. The molecule has 0 radical (unpaired) electrons. The van der Waals surface area contributed by atoms with E-state index in [0.717, 1.165) is 5.56 Å². The van der Waals surface area contributed by atoms with Gasteiger partial charge >= 0.3 is 11.8 Å². The number of imidazole rings is 1. The van der Waals surface area contributed by atoms with Crippen molar-refractivity contribution in [3.63, 3.8) is 0 Å². The lowest BCUT2D eigenvalue weighted by atomic mass is 10.2. The van der Waals surface area contributed by atoms with Crippen molar-refractivity contribution in [2.24, 2.45) is 0 Å². The molecule has 0 saturated carbocycles. The lowest BCUT2D eigenvalue weighted by molar-refractivity contribution is -0.136. The maximum Gasteiger partial charge on any atom is 0.313 e. The van der Waals surface area contributed by atoms with E-state index < -0.39 is 11.8 Å². The van der Waals surface area contributed by atoms with Gasteiger partial charge in [0.1, 0.15) is 11.4 Å². The first-order chi connectivity index (χ1) is 13.0.